The summed E-state index contributed by atoms with van der Waals surface area (Å²) in [5.74, 6) is 0. The number of rotatable bonds is 5. The van der Waals surface area contributed by atoms with Gasteiger partial charge in [0, 0.05) is 27.8 Å². The van der Waals surface area contributed by atoms with Crippen molar-refractivity contribution in [3.8, 4) is 0 Å². The minimum Gasteiger partial charge on any atom is -0.341 e. The fourth-order valence-corrected chi connectivity index (χ4v) is 3.19. The van der Waals surface area contributed by atoms with Crippen LogP contribution in [0.15, 0.2) is 47.2 Å². The number of nitrogens with zero attached hydrogens (tertiary/aromatic N) is 3. The molecule has 4 heteroatoms. The van der Waals surface area contributed by atoms with Gasteiger partial charge in [0.2, 0.25) is 0 Å². The average Bonchev–Trinajstić information content (AvgIpc) is 3.08. The molecule has 0 bridgehead atoms. The summed E-state index contributed by atoms with van der Waals surface area (Å²) >= 11 is 3.52. The van der Waals surface area contributed by atoms with Gasteiger partial charge in [0.1, 0.15) is 0 Å². The smallest absolute Gasteiger partial charge is 0.0821 e. The van der Waals surface area contributed by atoms with Crippen LogP contribution in [0.2, 0.25) is 0 Å². The topological polar surface area (TPSA) is 22.8 Å². The van der Waals surface area contributed by atoms with E-state index in [1.807, 2.05) is 0 Å². The second kappa shape index (κ2) is 6.06. The molecule has 0 aliphatic rings. The van der Waals surface area contributed by atoms with E-state index in [9.17, 15) is 0 Å². The second-order valence-corrected chi connectivity index (χ2v) is 6.32. The van der Waals surface area contributed by atoms with Crippen molar-refractivity contribution in [2.24, 2.45) is 0 Å². The van der Waals surface area contributed by atoms with Crippen molar-refractivity contribution in [3.05, 3.63) is 52.9 Å². The molecule has 0 saturated heterocycles. The van der Waals surface area contributed by atoms with Crippen LogP contribution in [0.25, 0.3) is 10.9 Å². The molecule has 0 N–H and O–H groups in total. The Morgan fingerprint density at radius 2 is 1.90 bits per heavy atom. The lowest BCUT2D eigenvalue weighted by atomic mass is 10.2. The largest absolute Gasteiger partial charge is 0.341 e. The first-order valence-electron chi connectivity index (χ1n) is 7.49. The van der Waals surface area contributed by atoms with Crippen molar-refractivity contribution in [2.45, 2.75) is 39.3 Å². The average molecular weight is 346 g/mol. The lowest BCUT2D eigenvalue weighted by Crippen LogP contribution is -2.08. The highest BCUT2D eigenvalue weighted by molar-refractivity contribution is 9.10. The van der Waals surface area contributed by atoms with E-state index in [0.717, 1.165) is 29.6 Å². The molecule has 0 atom stereocenters. The second-order valence-electron chi connectivity index (χ2n) is 5.40. The Morgan fingerprint density at radius 1 is 1.10 bits per heavy atom. The summed E-state index contributed by atoms with van der Waals surface area (Å²) in [7, 11) is 0. The highest BCUT2D eigenvalue weighted by Crippen LogP contribution is 2.22. The van der Waals surface area contributed by atoms with Gasteiger partial charge >= 0.3 is 0 Å². The molecule has 0 aliphatic heterocycles. The van der Waals surface area contributed by atoms with Crippen molar-refractivity contribution in [1.82, 2.24) is 14.3 Å². The quantitative estimate of drug-likeness (QED) is 0.637. The van der Waals surface area contributed by atoms with Gasteiger partial charge in [0.25, 0.3) is 0 Å². The predicted octanol–water partition coefficient (Wildman–Crippen LogP) is 5.01. The molecule has 3 rings (SSSR count). The first-order chi connectivity index (χ1) is 10.2. The van der Waals surface area contributed by atoms with Crippen LogP contribution in [-0.4, -0.2) is 14.3 Å². The summed E-state index contributed by atoms with van der Waals surface area (Å²) in [6, 6.07) is 11.2. The van der Waals surface area contributed by atoms with Crippen molar-refractivity contribution in [2.75, 3.05) is 0 Å². The van der Waals surface area contributed by atoms with E-state index in [1.54, 1.807) is 0 Å². The first-order valence-corrected chi connectivity index (χ1v) is 8.29. The Labute approximate surface area is 133 Å². The van der Waals surface area contributed by atoms with Gasteiger partial charge in [-0.05, 0) is 43.2 Å². The zero-order valence-corrected chi connectivity index (χ0v) is 14.0. The molecule has 2 heterocycles. The summed E-state index contributed by atoms with van der Waals surface area (Å²) in [6.45, 7) is 5.25. The van der Waals surface area contributed by atoms with Gasteiger partial charge in [-0.2, -0.15) is 5.10 Å². The third-order valence-corrected chi connectivity index (χ3v) is 4.54. The molecule has 0 saturated carbocycles. The molecule has 110 valence electrons. The molecule has 0 fully saturated rings. The van der Waals surface area contributed by atoms with E-state index in [2.05, 4.69) is 81.8 Å². The summed E-state index contributed by atoms with van der Waals surface area (Å²) in [5, 5.41) is 5.99. The number of benzene rings is 1. The van der Waals surface area contributed by atoms with Crippen LogP contribution in [0.5, 0.6) is 0 Å². The van der Waals surface area contributed by atoms with Gasteiger partial charge in [-0.1, -0.05) is 29.8 Å². The van der Waals surface area contributed by atoms with Crippen LogP contribution in [0, 0.1) is 0 Å². The van der Waals surface area contributed by atoms with Gasteiger partial charge < -0.3 is 4.57 Å². The van der Waals surface area contributed by atoms with Crippen molar-refractivity contribution >= 4 is 26.8 Å². The number of hydrogen-bond acceptors (Lipinski definition) is 1. The fourth-order valence-electron chi connectivity index (χ4n) is 2.81. The monoisotopic (exact) mass is 345 g/mol. The Morgan fingerprint density at radius 3 is 2.67 bits per heavy atom. The van der Waals surface area contributed by atoms with Gasteiger partial charge in [-0.15, -0.1) is 0 Å². The number of aromatic nitrogens is 3. The SMILES string of the molecule is CCC(CC)n1ccc(Cn2ccc3cc(Br)ccc32)n1. The zero-order chi connectivity index (χ0) is 14.8. The predicted molar refractivity (Wildman–Crippen MR) is 90.6 cm³/mol. The van der Waals surface area contributed by atoms with Gasteiger partial charge in [-0.3, -0.25) is 4.68 Å². The summed E-state index contributed by atoms with van der Waals surface area (Å²) in [5.41, 5.74) is 2.36. The van der Waals surface area contributed by atoms with Gasteiger partial charge in [0.15, 0.2) is 0 Å². The zero-order valence-electron chi connectivity index (χ0n) is 12.5. The minimum atomic E-state index is 0.510. The fraction of sp³-hybridized carbons (Fsp3) is 0.353. The standard InChI is InChI=1S/C17H20BrN3/c1-3-16(4-2)21-10-8-15(19-21)12-20-9-7-13-11-14(18)5-6-17(13)20/h5-11,16H,3-4,12H2,1-2H3. The normalized spacial score (nSPS) is 11.6. The van der Waals surface area contributed by atoms with Crippen LogP contribution < -0.4 is 0 Å². The van der Waals surface area contributed by atoms with E-state index in [4.69, 9.17) is 5.10 Å². The van der Waals surface area contributed by atoms with Gasteiger partial charge in [0.05, 0.1) is 18.3 Å². The molecule has 0 spiro atoms. The molecule has 21 heavy (non-hydrogen) atoms. The van der Waals surface area contributed by atoms with Crippen LogP contribution in [0.3, 0.4) is 0 Å². The van der Waals surface area contributed by atoms with E-state index in [0.29, 0.717) is 6.04 Å². The molecule has 3 aromatic rings. The molecule has 0 amide bonds. The van der Waals surface area contributed by atoms with Crippen molar-refractivity contribution in [1.29, 1.82) is 0 Å². The highest BCUT2D eigenvalue weighted by Gasteiger charge is 2.09. The molecule has 1 aromatic carbocycles. The van der Waals surface area contributed by atoms with Crippen LogP contribution in [0.1, 0.15) is 38.4 Å². The van der Waals surface area contributed by atoms with Crippen LogP contribution >= 0.6 is 15.9 Å². The lowest BCUT2D eigenvalue weighted by Gasteiger charge is -2.12. The van der Waals surface area contributed by atoms with Crippen LogP contribution in [0.4, 0.5) is 0 Å². The van der Waals surface area contributed by atoms with E-state index in [1.165, 1.54) is 10.9 Å². The Balaban J connectivity index is 1.85. The molecule has 2 aromatic heterocycles. The number of halogens is 1. The summed E-state index contributed by atoms with van der Waals surface area (Å²) < 4.78 is 5.48. The maximum Gasteiger partial charge on any atom is 0.0821 e. The lowest BCUT2D eigenvalue weighted by molar-refractivity contribution is 0.425. The molecular weight excluding hydrogens is 326 g/mol. The molecule has 0 aliphatic carbocycles. The molecule has 3 nitrogen and oxygen atoms in total. The highest BCUT2D eigenvalue weighted by atomic mass is 79.9. The summed E-state index contributed by atoms with van der Waals surface area (Å²) in [6.07, 6.45) is 6.48. The van der Waals surface area contributed by atoms with E-state index >= 15 is 0 Å². The summed E-state index contributed by atoms with van der Waals surface area (Å²) in [4.78, 5) is 0. The number of hydrogen-bond donors (Lipinski definition) is 0. The molecular formula is C17H20BrN3. The maximum absolute atomic E-state index is 4.74. The maximum atomic E-state index is 4.74. The van der Waals surface area contributed by atoms with Gasteiger partial charge in [-0.25, -0.2) is 0 Å². The third kappa shape index (κ3) is 2.91. The number of fused-ring (bicyclic) bond motifs is 1. The molecule has 0 radical (unpaired) electrons. The Bertz CT molecular complexity index is 737. The first kappa shape index (κ1) is 14.4. The van der Waals surface area contributed by atoms with E-state index < -0.39 is 0 Å². The van der Waals surface area contributed by atoms with Crippen molar-refractivity contribution in [3.63, 3.8) is 0 Å². The third-order valence-electron chi connectivity index (χ3n) is 4.05. The van der Waals surface area contributed by atoms with Crippen LogP contribution in [-0.2, 0) is 6.54 Å². The Hall–Kier alpha value is -1.55. The molecule has 0 unspecified atom stereocenters. The Kier molecular flexibility index (Phi) is 4.15. The van der Waals surface area contributed by atoms with Crippen molar-refractivity contribution < 1.29 is 0 Å². The minimum absolute atomic E-state index is 0.510. The van der Waals surface area contributed by atoms with E-state index in [-0.39, 0.29) is 0 Å².